The number of hydrogen-bond acceptors (Lipinski definition) is 4. The van der Waals surface area contributed by atoms with Crippen molar-refractivity contribution >= 4 is 24.2 Å². The molecule has 1 aliphatic rings. The maximum absolute atomic E-state index is 12.6. The molecule has 1 aromatic carbocycles. The van der Waals surface area contributed by atoms with Crippen LogP contribution in [0.25, 0.3) is 0 Å². The van der Waals surface area contributed by atoms with E-state index in [1.807, 2.05) is 31.2 Å². The minimum absolute atomic E-state index is 0. The number of nitrogens with two attached hydrogens (primary N) is 1. The number of carbonyl (C=O) groups is 2. The van der Waals surface area contributed by atoms with Crippen LogP contribution < -0.4 is 21.1 Å². The van der Waals surface area contributed by atoms with Gasteiger partial charge in [-0.05, 0) is 25.8 Å². The Kier molecular flexibility index (Phi) is 8.88. The van der Waals surface area contributed by atoms with Gasteiger partial charge in [0, 0.05) is 19.0 Å². The Morgan fingerprint density at radius 3 is 2.50 bits per heavy atom. The van der Waals surface area contributed by atoms with Crippen molar-refractivity contribution in [1.29, 1.82) is 0 Å². The Labute approximate surface area is 161 Å². The molecule has 2 amide bonds. The molecule has 0 radical (unpaired) electrons. The predicted octanol–water partition coefficient (Wildman–Crippen LogP) is 2.46. The highest BCUT2D eigenvalue weighted by atomic mass is 35.5. The van der Waals surface area contributed by atoms with Gasteiger partial charge in [-0.2, -0.15) is 0 Å². The number of halogens is 1. The Morgan fingerprint density at radius 2 is 1.92 bits per heavy atom. The van der Waals surface area contributed by atoms with E-state index in [2.05, 4.69) is 10.6 Å². The lowest BCUT2D eigenvalue weighted by molar-refractivity contribution is -0.124. The third kappa shape index (κ3) is 5.88. The van der Waals surface area contributed by atoms with Crippen molar-refractivity contribution in [2.24, 2.45) is 5.73 Å². The van der Waals surface area contributed by atoms with Crippen LogP contribution in [0.3, 0.4) is 0 Å². The average molecular weight is 384 g/mol. The first-order valence-electron chi connectivity index (χ1n) is 8.99. The first kappa shape index (κ1) is 22.3. The van der Waals surface area contributed by atoms with Gasteiger partial charge in [-0.15, -0.1) is 12.4 Å². The molecule has 1 fully saturated rings. The van der Waals surface area contributed by atoms with Crippen LogP contribution in [-0.2, 0) is 9.59 Å². The summed E-state index contributed by atoms with van der Waals surface area (Å²) >= 11 is 0. The number of nitrogens with one attached hydrogen (secondary N) is 2. The van der Waals surface area contributed by atoms with E-state index in [-0.39, 0.29) is 36.2 Å². The van der Waals surface area contributed by atoms with Crippen LogP contribution in [0.2, 0.25) is 0 Å². The second-order valence-corrected chi connectivity index (χ2v) is 6.67. The number of rotatable bonds is 8. The standard InChI is InChI=1S/C19H29N3O3.ClH/c1-3-25-17-9-5-4-8-15(17)16(21-14(2)23)12-18(24)22-19(13-20)10-6-7-11-19;/h4-5,8-9,16H,3,6-7,10-13,20H2,1-2H3,(H,21,23)(H,22,24);1H. The van der Waals surface area contributed by atoms with Crippen molar-refractivity contribution < 1.29 is 14.3 Å². The average Bonchev–Trinajstić information content (AvgIpc) is 3.03. The summed E-state index contributed by atoms with van der Waals surface area (Å²) in [6.07, 6.45) is 4.15. The topological polar surface area (TPSA) is 93.4 Å². The monoisotopic (exact) mass is 383 g/mol. The van der Waals surface area contributed by atoms with Gasteiger partial charge in [-0.25, -0.2) is 0 Å². The van der Waals surface area contributed by atoms with Gasteiger partial charge in [0.05, 0.1) is 24.6 Å². The fraction of sp³-hybridized carbons (Fsp3) is 0.579. The second-order valence-electron chi connectivity index (χ2n) is 6.67. The zero-order valence-electron chi connectivity index (χ0n) is 15.5. The molecule has 0 heterocycles. The van der Waals surface area contributed by atoms with Crippen LogP contribution in [0, 0.1) is 0 Å². The maximum Gasteiger partial charge on any atom is 0.222 e. The summed E-state index contributed by atoms with van der Waals surface area (Å²) in [4.78, 5) is 24.3. The van der Waals surface area contributed by atoms with Crippen LogP contribution in [0.15, 0.2) is 24.3 Å². The normalized spacial score (nSPS) is 16.3. The zero-order chi connectivity index (χ0) is 18.3. The van der Waals surface area contributed by atoms with Gasteiger partial charge in [0.15, 0.2) is 0 Å². The highest BCUT2D eigenvalue weighted by molar-refractivity contribution is 5.85. The van der Waals surface area contributed by atoms with Crippen LogP contribution in [-0.4, -0.2) is 30.5 Å². The first-order valence-corrected chi connectivity index (χ1v) is 8.99. The first-order chi connectivity index (χ1) is 12.0. The molecular formula is C19H30ClN3O3. The molecule has 1 unspecified atom stereocenters. The highest BCUT2D eigenvalue weighted by Crippen LogP contribution is 2.30. The molecule has 146 valence electrons. The van der Waals surface area contributed by atoms with Crippen molar-refractivity contribution in [3.05, 3.63) is 29.8 Å². The Balaban J connectivity index is 0.00000338. The van der Waals surface area contributed by atoms with Crippen LogP contribution in [0.1, 0.15) is 57.6 Å². The lowest BCUT2D eigenvalue weighted by atomic mass is 9.96. The van der Waals surface area contributed by atoms with E-state index in [1.165, 1.54) is 6.92 Å². The lowest BCUT2D eigenvalue weighted by Crippen LogP contribution is -2.52. The fourth-order valence-corrected chi connectivity index (χ4v) is 3.50. The molecule has 0 aliphatic heterocycles. The molecule has 0 spiro atoms. The highest BCUT2D eigenvalue weighted by Gasteiger charge is 2.34. The van der Waals surface area contributed by atoms with E-state index in [1.54, 1.807) is 0 Å². The van der Waals surface area contributed by atoms with Gasteiger partial charge < -0.3 is 21.1 Å². The van der Waals surface area contributed by atoms with Crippen molar-refractivity contribution in [3.8, 4) is 5.75 Å². The van der Waals surface area contributed by atoms with Gasteiger partial charge in [-0.3, -0.25) is 9.59 Å². The smallest absolute Gasteiger partial charge is 0.222 e. The molecule has 1 atom stereocenters. The summed E-state index contributed by atoms with van der Waals surface area (Å²) in [6.45, 7) is 4.32. The summed E-state index contributed by atoms with van der Waals surface area (Å²) in [5, 5.41) is 5.98. The van der Waals surface area contributed by atoms with Crippen molar-refractivity contribution in [2.75, 3.05) is 13.2 Å². The van der Waals surface area contributed by atoms with E-state index in [0.29, 0.717) is 18.9 Å². The molecule has 26 heavy (non-hydrogen) atoms. The third-order valence-corrected chi connectivity index (χ3v) is 4.72. The van der Waals surface area contributed by atoms with E-state index in [4.69, 9.17) is 10.5 Å². The Bertz CT molecular complexity index is 603. The van der Waals surface area contributed by atoms with Gasteiger partial charge >= 0.3 is 0 Å². The number of benzene rings is 1. The molecule has 1 aliphatic carbocycles. The summed E-state index contributed by atoms with van der Waals surface area (Å²) in [6, 6.07) is 7.05. The molecule has 2 rings (SSSR count). The Morgan fingerprint density at radius 1 is 1.27 bits per heavy atom. The lowest BCUT2D eigenvalue weighted by Gasteiger charge is -2.30. The molecule has 0 bridgehead atoms. The minimum Gasteiger partial charge on any atom is -0.494 e. The summed E-state index contributed by atoms with van der Waals surface area (Å²) in [5.41, 5.74) is 6.41. The minimum atomic E-state index is -0.434. The second kappa shape index (κ2) is 10.4. The van der Waals surface area contributed by atoms with Gasteiger partial charge in [-0.1, -0.05) is 31.0 Å². The quantitative estimate of drug-likeness (QED) is 0.642. The van der Waals surface area contributed by atoms with Crippen molar-refractivity contribution in [2.45, 2.75) is 57.5 Å². The SMILES string of the molecule is CCOc1ccccc1C(CC(=O)NC1(CN)CCCC1)NC(C)=O.Cl. The molecule has 0 saturated heterocycles. The van der Waals surface area contributed by atoms with Gasteiger partial charge in [0.1, 0.15) is 5.75 Å². The number of hydrogen-bond donors (Lipinski definition) is 3. The number of para-hydroxylation sites is 1. The Hall–Kier alpha value is -1.79. The number of ether oxygens (including phenoxy) is 1. The van der Waals surface area contributed by atoms with Crippen LogP contribution in [0.4, 0.5) is 0 Å². The van der Waals surface area contributed by atoms with E-state index in [9.17, 15) is 9.59 Å². The summed E-state index contributed by atoms with van der Waals surface area (Å²) < 4.78 is 5.65. The van der Waals surface area contributed by atoms with Crippen LogP contribution >= 0.6 is 12.4 Å². The third-order valence-electron chi connectivity index (χ3n) is 4.72. The summed E-state index contributed by atoms with van der Waals surface area (Å²) in [5.74, 6) is 0.405. The molecule has 4 N–H and O–H groups in total. The van der Waals surface area contributed by atoms with Crippen molar-refractivity contribution in [3.63, 3.8) is 0 Å². The molecule has 1 saturated carbocycles. The van der Waals surface area contributed by atoms with Gasteiger partial charge in [0.25, 0.3) is 0 Å². The van der Waals surface area contributed by atoms with E-state index in [0.717, 1.165) is 31.2 Å². The number of amides is 2. The molecule has 1 aromatic rings. The predicted molar refractivity (Wildman–Crippen MR) is 104 cm³/mol. The molecular weight excluding hydrogens is 354 g/mol. The van der Waals surface area contributed by atoms with Crippen LogP contribution in [0.5, 0.6) is 5.75 Å². The molecule has 6 nitrogen and oxygen atoms in total. The van der Waals surface area contributed by atoms with E-state index < -0.39 is 6.04 Å². The maximum atomic E-state index is 12.6. The molecule has 0 aromatic heterocycles. The fourth-order valence-electron chi connectivity index (χ4n) is 3.50. The summed E-state index contributed by atoms with van der Waals surface area (Å²) in [7, 11) is 0. The number of carbonyl (C=O) groups excluding carboxylic acids is 2. The molecule has 7 heteroatoms. The van der Waals surface area contributed by atoms with Gasteiger partial charge in [0.2, 0.25) is 11.8 Å². The van der Waals surface area contributed by atoms with Crippen molar-refractivity contribution in [1.82, 2.24) is 10.6 Å². The zero-order valence-corrected chi connectivity index (χ0v) is 16.4. The van der Waals surface area contributed by atoms with E-state index >= 15 is 0 Å². The largest absolute Gasteiger partial charge is 0.494 e.